The van der Waals surface area contributed by atoms with E-state index >= 15 is 8.78 Å². The number of hydrogen-bond donors (Lipinski definition) is 2. The maximum atomic E-state index is 15.9. The Morgan fingerprint density at radius 3 is 2.40 bits per heavy atom. The fraction of sp³-hybridized carbons (Fsp3) is 0.324. The number of aliphatic carboxylic acids is 1. The first kappa shape index (κ1) is 36.6. The Morgan fingerprint density at radius 1 is 1.00 bits per heavy atom. The van der Waals surface area contributed by atoms with Gasteiger partial charge < -0.3 is 15.2 Å². The Morgan fingerprint density at radius 2 is 1.73 bits per heavy atom. The number of rotatable bonds is 6. The van der Waals surface area contributed by atoms with Crippen LogP contribution in [0.15, 0.2) is 65.6 Å². The highest BCUT2D eigenvalue weighted by Crippen LogP contribution is 2.39. The van der Waals surface area contributed by atoms with Crippen LogP contribution >= 0.6 is 0 Å². The topological polar surface area (TPSA) is 101 Å². The van der Waals surface area contributed by atoms with Crippen LogP contribution in [0.4, 0.5) is 30.7 Å². The summed E-state index contributed by atoms with van der Waals surface area (Å²) in [4.78, 5) is 41.1. The van der Waals surface area contributed by atoms with E-state index in [0.29, 0.717) is 27.0 Å². The van der Waals surface area contributed by atoms with Crippen molar-refractivity contribution in [2.75, 3.05) is 19.6 Å². The highest BCUT2D eigenvalue weighted by Gasteiger charge is 2.44. The van der Waals surface area contributed by atoms with Gasteiger partial charge in [0.1, 0.15) is 30.0 Å². The number of halogens is 7. The molecule has 2 aliphatic heterocycles. The lowest BCUT2D eigenvalue weighted by molar-refractivity contribution is -0.139. The minimum Gasteiger partial charge on any atom is -0.488 e. The van der Waals surface area contributed by atoms with Crippen LogP contribution in [-0.4, -0.2) is 52.0 Å². The van der Waals surface area contributed by atoms with Gasteiger partial charge in [0.2, 0.25) is 5.91 Å². The maximum absolute atomic E-state index is 15.9. The third kappa shape index (κ3) is 7.40. The summed E-state index contributed by atoms with van der Waals surface area (Å²) in [6.07, 6.45) is -5.66. The number of carboxylic acid groups (broad SMARTS) is 1. The van der Waals surface area contributed by atoms with Crippen LogP contribution in [0, 0.1) is 25.5 Å². The summed E-state index contributed by atoms with van der Waals surface area (Å²) in [5, 5.41) is 12.3. The molecule has 6 rings (SSSR count). The Labute approximate surface area is 292 Å². The molecule has 0 aliphatic carbocycles. The lowest BCUT2D eigenvalue weighted by atomic mass is 9.91. The molecule has 1 fully saturated rings. The van der Waals surface area contributed by atoms with Crippen molar-refractivity contribution in [2.24, 2.45) is 0 Å². The molecule has 2 atom stereocenters. The quantitative estimate of drug-likeness (QED) is 0.213. The summed E-state index contributed by atoms with van der Waals surface area (Å²) in [5.41, 5.74) is -1.89. The van der Waals surface area contributed by atoms with E-state index in [4.69, 9.17) is 4.74 Å². The smallest absolute Gasteiger partial charge is 0.416 e. The number of nitrogens with zero attached hydrogens (tertiary/aromatic N) is 2. The zero-order chi connectivity index (χ0) is 37.7. The number of aryl methyl sites for hydroxylation is 2. The van der Waals surface area contributed by atoms with Crippen molar-refractivity contribution in [3.8, 4) is 16.9 Å². The molecule has 0 unspecified atom stereocenters. The number of hydrogen-bond acceptors (Lipinski definition) is 5. The Balaban J connectivity index is 1.55. The molecule has 1 amide bonds. The second-order valence-corrected chi connectivity index (χ2v) is 13.1. The lowest BCUT2D eigenvalue weighted by Crippen LogP contribution is -2.56. The molecule has 1 saturated heterocycles. The monoisotopic (exact) mass is 731 g/mol. The molecule has 2 aliphatic rings. The predicted octanol–water partition coefficient (Wildman–Crippen LogP) is 6.74. The van der Waals surface area contributed by atoms with Gasteiger partial charge in [-0.1, -0.05) is 18.2 Å². The Hall–Kier alpha value is -5.18. The second-order valence-electron chi connectivity index (χ2n) is 13.1. The average Bonchev–Trinajstić information content (AvgIpc) is 3.04. The first-order valence-corrected chi connectivity index (χ1v) is 16.2. The van der Waals surface area contributed by atoms with E-state index in [1.165, 1.54) is 36.1 Å². The number of likely N-dealkylation sites (tertiary alicyclic amines) is 1. The van der Waals surface area contributed by atoms with E-state index in [9.17, 15) is 41.4 Å². The number of fused-ring (bicyclic) bond motifs is 6. The summed E-state index contributed by atoms with van der Waals surface area (Å²) in [6, 6.07) is 8.18. The molecule has 15 heteroatoms. The van der Waals surface area contributed by atoms with Gasteiger partial charge in [-0.25, -0.2) is 17.6 Å². The largest absolute Gasteiger partial charge is 0.488 e. The van der Waals surface area contributed by atoms with Crippen LogP contribution in [0.3, 0.4) is 0 Å². The van der Waals surface area contributed by atoms with E-state index in [1.54, 1.807) is 25.1 Å². The highest BCUT2D eigenvalue weighted by atomic mass is 19.4. The molecule has 52 heavy (non-hydrogen) atoms. The van der Waals surface area contributed by atoms with Crippen LogP contribution in [0.25, 0.3) is 11.1 Å². The molecule has 3 aromatic carbocycles. The van der Waals surface area contributed by atoms with Crippen molar-refractivity contribution in [3.63, 3.8) is 0 Å². The molecule has 274 valence electrons. The number of carbonyl (C=O) groups is 2. The molecule has 8 nitrogen and oxygen atoms in total. The van der Waals surface area contributed by atoms with Gasteiger partial charge in [-0.05, 0) is 78.4 Å². The summed E-state index contributed by atoms with van der Waals surface area (Å²) in [5.74, 6) is -7.22. The van der Waals surface area contributed by atoms with Gasteiger partial charge in [-0.2, -0.15) is 13.2 Å². The van der Waals surface area contributed by atoms with E-state index in [-0.39, 0.29) is 30.3 Å². The molecule has 3 heterocycles. The van der Waals surface area contributed by atoms with Crippen molar-refractivity contribution in [2.45, 2.75) is 57.5 Å². The van der Waals surface area contributed by atoms with E-state index in [1.807, 2.05) is 0 Å². The molecule has 0 saturated carbocycles. The van der Waals surface area contributed by atoms with Gasteiger partial charge >= 0.3 is 12.1 Å². The third-order valence-electron chi connectivity index (χ3n) is 9.23. The fourth-order valence-corrected chi connectivity index (χ4v) is 6.76. The minimum atomic E-state index is -5.05. The number of aromatic nitrogens is 1. The maximum Gasteiger partial charge on any atom is 0.416 e. The molecule has 4 bridgehead atoms. The number of benzene rings is 3. The Kier molecular flexibility index (Phi) is 9.68. The summed E-state index contributed by atoms with van der Waals surface area (Å²) in [6.45, 7) is 1.44. The van der Waals surface area contributed by atoms with Crippen molar-refractivity contribution in [1.82, 2.24) is 14.8 Å². The molecule has 2 N–H and O–H groups in total. The molecule has 4 aromatic rings. The number of pyridine rings is 1. The van der Waals surface area contributed by atoms with Gasteiger partial charge in [0.15, 0.2) is 0 Å². The van der Waals surface area contributed by atoms with E-state index in [0.717, 1.165) is 17.8 Å². The number of carbonyl (C=O) groups excluding carboxylic acids is 1. The van der Waals surface area contributed by atoms with Gasteiger partial charge in [0.05, 0.1) is 31.1 Å². The van der Waals surface area contributed by atoms with Gasteiger partial charge in [0, 0.05) is 35.5 Å². The third-order valence-corrected chi connectivity index (χ3v) is 9.23. The standard InChI is InChI=1S/C37H32F7N3O5/c1-19-4-3-5-29-32(19)23-10-20(2)33(39)25(12-23)28(14-31(49)50)45-35(51)34(24-11-21(16-52-29)6-7-27(24)38)47-15-22(8-9-46-17-36(40,41)18-46)26(13-30(47)48)37(42,43)44/h3-7,10-13,15,28,34H,8-9,14,16-18H2,1-2H3,(H,45,51)(H,49,50)/t28-,34-/m0/s1. The normalized spacial score (nSPS) is 18.8. The molecule has 0 radical (unpaired) electrons. The molecule has 0 spiro atoms. The van der Waals surface area contributed by atoms with Gasteiger partial charge in [0.25, 0.3) is 11.5 Å². The number of amides is 1. The average molecular weight is 732 g/mol. The van der Waals surface area contributed by atoms with Crippen molar-refractivity contribution >= 4 is 11.9 Å². The molecule has 1 aromatic heterocycles. The van der Waals surface area contributed by atoms with Crippen molar-refractivity contribution in [1.29, 1.82) is 0 Å². The highest BCUT2D eigenvalue weighted by molar-refractivity contribution is 5.85. The predicted molar refractivity (Wildman–Crippen MR) is 174 cm³/mol. The fourth-order valence-electron chi connectivity index (χ4n) is 6.76. The molecular weight excluding hydrogens is 699 g/mol. The number of nitrogens with one attached hydrogen (secondary N) is 1. The first-order chi connectivity index (χ1) is 24.4. The number of ether oxygens (including phenoxy) is 1. The van der Waals surface area contributed by atoms with Crippen molar-refractivity contribution in [3.05, 3.63) is 122 Å². The number of alkyl halides is 5. The summed E-state index contributed by atoms with van der Waals surface area (Å²) < 4.78 is 108. The molecular formula is C37H32F7N3O5. The van der Waals surface area contributed by atoms with Gasteiger partial charge in [-0.3, -0.25) is 23.9 Å². The first-order valence-electron chi connectivity index (χ1n) is 16.2. The SMILES string of the molecule is Cc1cc2cc(c1F)[C@H](CC(=O)O)NC(=O)[C@@H](n1cc(CCN3CC(F)(F)C3)c(C(F)(F)F)cc1=O)c1cc(ccc1F)COc1cccc(C)c1-2. The van der Waals surface area contributed by atoms with Crippen LogP contribution in [-0.2, 0) is 28.8 Å². The summed E-state index contributed by atoms with van der Waals surface area (Å²) >= 11 is 0. The van der Waals surface area contributed by atoms with Gasteiger partial charge in [-0.15, -0.1) is 0 Å². The second kappa shape index (κ2) is 13.7. The van der Waals surface area contributed by atoms with Crippen LogP contribution < -0.4 is 15.6 Å². The minimum absolute atomic E-state index is 0.0924. The van der Waals surface area contributed by atoms with E-state index in [2.05, 4.69) is 5.32 Å². The lowest BCUT2D eigenvalue weighted by Gasteiger charge is -2.38. The summed E-state index contributed by atoms with van der Waals surface area (Å²) in [7, 11) is 0. The zero-order valence-electron chi connectivity index (χ0n) is 27.8. The van der Waals surface area contributed by atoms with Crippen molar-refractivity contribution < 1.29 is 50.2 Å². The zero-order valence-corrected chi connectivity index (χ0v) is 27.8. The number of carboxylic acids is 1. The Bertz CT molecular complexity index is 2120. The van der Waals surface area contributed by atoms with Crippen LogP contribution in [0.5, 0.6) is 5.75 Å². The van der Waals surface area contributed by atoms with E-state index < -0.39 is 95.9 Å². The van der Waals surface area contributed by atoms with Crippen LogP contribution in [0.1, 0.15) is 57.4 Å². The van der Waals surface area contributed by atoms with Crippen LogP contribution in [0.2, 0.25) is 0 Å².